The van der Waals surface area contributed by atoms with Crippen molar-refractivity contribution in [2.45, 2.75) is 40.0 Å². The first-order valence-corrected chi connectivity index (χ1v) is 6.35. The summed E-state index contributed by atoms with van der Waals surface area (Å²) in [5.41, 5.74) is 6.03. The number of amides is 1. The van der Waals surface area contributed by atoms with E-state index in [1.54, 1.807) is 0 Å². The summed E-state index contributed by atoms with van der Waals surface area (Å²) in [6.45, 7) is 8.69. The summed E-state index contributed by atoms with van der Waals surface area (Å²) in [6.07, 6.45) is 3.54. The molecule has 3 atom stereocenters. The number of nitrogens with two attached hydrogens (primary N) is 1. The molecule has 1 aliphatic heterocycles. The summed E-state index contributed by atoms with van der Waals surface area (Å²) in [6, 6.07) is 0. The minimum absolute atomic E-state index is 0.0366. The van der Waals surface area contributed by atoms with Crippen molar-refractivity contribution >= 4 is 5.91 Å². The van der Waals surface area contributed by atoms with E-state index in [2.05, 4.69) is 26.1 Å². The van der Waals surface area contributed by atoms with Crippen molar-refractivity contribution < 1.29 is 4.79 Å². The highest BCUT2D eigenvalue weighted by atomic mass is 16.1. The Kier molecular flexibility index (Phi) is 2.77. The third-order valence-corrected chi connectivity index (χ3v) is 4.39. The normalized spacial score (nSPS) is 42.4. The van der Waals surface area contributed by atoms with E-state index in [0.717, 1.165) is 25.9 Å². The molecule has 2 aliphatic rings. The van der Waals surface area contributed by atoms with Crippen LogP contribution < -0.4 is 11.1 Å². The van der Waals surface area contributed by atoms with Gasteiger partial charge in [-0.05, 0) is 36.0 Å². The average molecular weight is 224 g/mol. The Labute approximate surface area is 98.2 Å². The lowest BCUT2D eigenvalue weighted by Crippen LogP contribution is -2.46. The van der Waals surface area contributed by atoms with Crippen LogP contribution in [0.1, 0.15) is 40.0 Å². The van der Waals surface area contributed by atoms with E-state index in [4.69, 9.17) is 5.73 Å². The van der Waals surface area contributed by atoms with Gasteiger partial charge in [0.05, 0.1) is 5.92 Å². The second kappa shape index (κ2) is 3.73. The molecule has 0 aromatic carbocycles. The van der Waals surface area contributed by atoms with Gasteiger partial charge in [-0.25, -0.2) is 0 Å². The van der Waals surface area contributed by atoms with Gasteiger partial charge in [0.2, 0.25) is 5.91 Å². The fourth-order valence-electron chi connectivity index (χ4n) is 4.41. The van der Waals surface area contributed by atoms with Crippen LogP contribution in [-0.4, -0.2) is 19.0 Å². The van der Waals surface area contributed by atoms with Crippen LogP contribution >= 0.6 is 0 Å². The molecule has 3 nitrogen and oxygen atoms in total. The highest BCUT2D eigenvalue weighted by Crippen LogP contribution is 2.53. The van der Waals surface area contributed by atoms with Crippen LogP contribution in [0.15, 0.2) is 0 Å². The molecule has 1 saturated carbocycles. The van der Waals surface area contributed by atoms with Crippen molar-refractivity contribution in [1.29, 1.82) is 0 Å². The molecule has 0 radical (unpaired) electrons. The summed E-state index contributed by atoms with van der Waals surface area (Å²) < 4.78 is 0. The quantitative estimate of drug-likeness (QED) is 0.709. The monoisotopic (exact) mass is 224 g/mol. The van der Waals surface area contributed by atoms with Gasteiger partial charge in [-0.1, -0.05) is 20.8 Å². The Balaban J connectivity index is 2.26. The molecule has 1 aliphatic carbocycles. The van der Waals surface area contributed by atoms with Gasteiger partial charge in [-0.15, -0.1) is 0 Å². The van der Waals surface area contributed by atoms with Gasteiger partial charge in [-0.2, -0.15) is 0 Å². The topological polar surface area (TPSA) is 55.1 Å². The fraction of sp³-hybridized carbons (Fsp3) is 0.923. The van der Waals surface area contributed by atoms with Crippen LogP contribution in [0.4, 0.5) is 0 Å². The van der Waals surface area contributed by atoms with Crippen LogP contribution in [0, 0.1) is 22.7 Å². The molecule has 1 spiro atoms. The molecule has 2 fully saturated rings. The summed E-state index contributed by atoms with van der Waals surface area (Å²) in [5, 5.41) is 3.37. The van der Waals surface area contributed by atoms with Crippen molar-refractivity contribution in [1.82, 2.24) is 5.32 Å². The fourth-order valence-corrected chi connectivity index (χ4v) is 4.41. The molecule has 1 saturated heterocycles. The largest absolute Gasteiger partial charge is 0.369 e. The van der Waals surface area contributed by atoms with E-state index >= 15 is 0 Å². The van der Waals surface area contributed by atoms with Gasteiger partial charge in [0.15, 0.2) is 0 Å². The predicted molar refractivity (Wildman–Crippen MR) is 64.8 cm³/mol. The van der Waals surface area contributed by atoms with E-state index in [0.29, 0.717) is 11.3 Å². The SMILES string of the molecule is CC1CC(C)(C)CC2(CNCC2C(N)=O)C1. The highest BCUT2D eigenvalue weighted by Gasteiger charge is 2.51. The number of carbonyl (C=O) groups excluding carboxylic acids is 1. The van der Waals surface area contributed by atoms with Crippen LogP contribution in [-0.2, 0) is 4.79 Å². The van der Waals surface area contributed by atoms with E-state index in [1.807, 2.05) is 0 Å². The average Bonchev–Trinajstić information content (AvgIpc) is 2.43. The van der Waals surface area contributed by atoms with Crippen molar-refractivity contribution in [3.8, 4) is 0 Å². The second-order valence-electron chi connectivity index (χ2n) is 6.80. The lowest BCUT2D eigenvalue weighted by atomic mass is 9.57. The number of nitrogens with one attached hydrogen (secondary N) is 1. The van der Waals surface area contributed by atoms with Gasteiger partial charge in [0.1, 0.15) is 0 Å². The number of primary amides is 1. The minimum atomic E-state index is -0.116. The number of carbonyl (C=O) groups is 1. The Hall–Kier alpha value is -0.570. The molecule has 0 aromatic rings. The maximum atomic E-state index is 11.6. The number of rotatable bonds is 1. The van der Waals surface area contributed by atoms with Gasteiger partial charge in [-0.3, -0.25) is 4.79 Å². The van der Waals surface area contributed by atoms with Gasteiger partial charge in [0.25, 0.3) is 0 Å². The summed E-state index contributed by atoms with van der Waals surface area (Å²) in [4.78, 5) is 11.6. The van der Waals surface area contributed by atoms with Crippen LogP contribution in [0.25, 0.3) is 0 Å². The molecule has 92 valence electrons. The smallest absolute Gasteiger partial charge is 0.222 e. The first-order chi connectivity index (χ1) is 7.35. The molecule has 1 heterocycles. The number of hydrogen-bond acceptors (Lipinski definition) is 2. The van der Waals surface area contributed by atoms with Gasteiger partial charge in [0, 0.05) is 13.1 Å². The molecule has 2 rings (SSSR count). The summed E-state index contributed by atoms with van der Waals surface area (Å²) in [5.74, 6) is 0.620. The Morgan fingerprint density at radius 2 is 2.06 bits per heavy atom. The molecule has 3 unspecified atom stereocenters. The van der Waals surface area contributed by atoms with Crippen molar-refractivity contribution in [3.63, 3.8) is 0 Å². The first kappa shape index (κ1) is 11.9. The Morgan fingerprint density at radius 3 is 2.62 bits per heavy atom. The van der Waals surface area contributed by atoms with Gasteiger partial charge < -0.3 is 11.1 Å². The van der Waals surface area contributed by atoms with E-state index in [-0.39, 0.29) is 17.2 Å². The van der Waals surface area contributed by atoms with Crippen LogP contribution in [0.3, 0.4) is 0 Å². The number of hydrogen-bond donors (Lipinski definition) is 2. The van der Waals surface area contributed by atoms with Gasteiger partial charge >= 0.3 is 0 Å². The molecule has 3 N–H and O–H groups in total. The van der Waals surface area contributed by atoms with E-state index < -0.39 is 0 Å². The van der Waals surface area contributed by atoms with Crippen LogP contribution in [0.2, 0.25) is 0 Å². The Bertz CT molecular complexity index is 300. The zero-order chi connectivity index (χ0) is 12.0. The lowest BCUT2D eigenvalue weighted by molar-refractivity contribution is -0.126. The third-order valence-electron chi connectivity index (χ3n) is 4.39. The molecule has 0 bridgehead atoms. The standard InChI is InChI=1S/C13H24N2O/c1-9-4-12(2,3)7-13(5-9)8-15-6-10(13)11(14)16/h9-10,15H,4-8H2,1-3H3,(H2,14,16). The molecular weight excluding hydrogens is 200 g/mol. The molecule has 1 amide bonds. The molecule has 3 heteroatoms. The van der Waals surface area contributed by atoms with Crippen molar-refractivity contribution in [2.24, 2.45) is 28.4 Å². The molecule has 16 heavy (non-hydrogen) atoms. The zero-order valence-electron chi connectivity index (χ0n) is 10.7. The van der Waals surface area contributed by atoms with Crippen molar-refractivity contribution in [3.05, 3.63) is 0 Å². The maximum absolute atomic E-state index is 11.6. The lowest BCUT2D eigenvalue weighted by Gasteiger charge is -2.47. The predicted octanol–water partition coefficient (Wildman–Crippen LogP) is 1.52. The highest BCUT2D eigenvalue weighted by molar-refractivity contribution is 5.78. The Morgan fingerprint density at radius 1 is 1.38 bits per heavy atom. The second-order valence-corrected chi connectivity index (χ2v) is 6.80. The minimum Gasteiger partial charge on any atom is -0.369 e. The zero-order valence-corrected chi connectivity index (χ0v) is 10.7. The molecule has 0 aromatic heterocycles. The van der Waals surface area contributed by atoms with Crippen molar-refractivity contribution in [2.75, 3.05) is 13.1 Å². The maximum Gasteiger partial charge on any atom is 0.222 e. The first-order valence-electron chi connectivity index (χ1n) is 6.35. The summed E-state index contributed by atoms with van der Waals surface area (Å²) >= 11 is 0. The van der Waals surface area contributed by atoms with E-state index in [1.165, 1.54) is 6.42 Å². The van der Waals surface area contributed by atoms with Crippen LogP contribution in [0.5, 0.6) is 0 Å². The molecular formula is C13H24N2O. The van der Waals surface area contributed by atoms with E-state index in [9.17, 15) is 4.79 Å². The summed E-state index contributed by atoms with van der Waals surface area (Å²) in [7, 11) is 0. The third kappa shape index (κ3) is 1.97.